The van der Waals surface area contributed by atoms with Crippen LogP contribution in [0.4, 0.5) is 29.0 Å². The number of nitriles is 4. The van der Waals surface area contributed by atoms with Gasteiger partial charge >= 0.3 is 0 Å². The summed E-state index contributed by atoms with van der Waals surface area (Å²) in [5.74, 6) is 6.19. The maximum Gasteiger partial charge on any atom is 0.226 e. The quantitative estimate of drug-likeness (QED) is 0.0517. The van der Waals surface area contributed by atoms with Gasteiger partial charge < -0.3 is 49.3 Å². The summed E-state index contributed by atoms with van der Waals surface area (Å²) in [5, 5.41) is 51.0. The highest BCUT2D eigenvalue weighted by Crippen LogP contribution is 2.41. The molecule has 4 N–H and O–H groups in total. The molecule has 29 nitrogen and oxygen atoms in total. The number of ether oxygens (including phenoxy) is 4. The van der Waals surface area contributed by atoms with Gasteiger partial charge in [0, 0.05) is 221 Å². The lowest BCUT2D eigenvalue weighted by Gasteiger charge is -2.42. The average Bonchev–Trinajstić information content (AvgIpc) is 1.72. The topological polar surface area (TPSA) is 349 Å². The summed E-state index contributed by atoms with van der Waals surface area (Å²) in [6.45, 7) is 20.2. The van der Waals surface area contributed by atoms with E-state index in [-0.39, 0.29) is 6.42 Å². The number of hydrogen-bond donors (Lipinski definition) is 3. The molecular weight excluding hydrogens is 1530 g/mol. The smallest absolute Gasteiger partial charge is 0.226 e. The zero-order chi connectivity index (χ0) is 85.4. The number of anilines is 4. The Morgan fingerprint density at radius 2 is 1.00 bits per heavy atom. The molecular formula is C93H97N24O5+. The summed E-state index contributed by atoms with van der Waals surface area (Å²) in [7, 11) is 8.65. The molecule has 12 aromatic heterocycles. The normalized spacial score (nSPS) is 14.9. The number of fused-ring (bicyclic) bond motifs is 5. The third-order valence-electron chi connectivity index (χ3n) is 21.2. The van der Waals surface area contributed by atoms with E-state index in [1.807, 2.05) is 116 Å². The van der Waals surface area contributed by atoms with Crippen LogP contribution in [0.3, 0.4) is 0 Å². The van der Waals surface area contributed by atoms with E-state index in [2.05, 4.69) is 152 Å². The van der Waals surface area contributed by atoms with Gasteiger partial charge in [0.05, 0.1) is 72.5 Å². The molecule has 3 aliphatic heterocycles. The molecule has 0 unspecified atom stereocenters. The van der Waals surface area contributed by atoms with E-state index < -0.39 is 0 Å². The van der Waals surface area contributed by atoms with Gasteiger partial charge in [-0.3, -0.25) is 39.9 Å². The van der Waals surface area contributed by atoms with Crippen molar-refractivity contribution in [2.45, 2.75) is 63.5 Å². The predicted molar refractivity (Wildman–Crippen MR) is 471 cm³/mol. The molecule has 0 radical (unpaired) electrons. The zero-order valence-electron chi connectivity index (χ0n) is 69.1. The minimum Gasteiger partial charge on any atom is -0.481 e. The van der Waals surface area contributed by atoms with E-state index in [0.717, 1.165) is 162 Å². The van der Waals surface area contributed by atoms with Crippen LogP contribution in [0.1, 0.15) is 65.1 Å². The van der Waals surface area contributed by atoms with Crippen LogP contribution >= 0.6 is 0 Å². The lowest BCUT2D eigenvalue weighted by molar-refractivity contribution is -0.905. The Balaban J connectivity index is 0.000000139. The van der Waals surface area contributed by atoms with E-state index in [1.54, 1.807) is 83.6 Å². The van der Waals surface area contributed by atoms with Gasteiger partial charge in [-0.15, -0.1) is 0 Å². The highest BCUT2D eigenvalue weighted by atomic mass is 16.5. The van der Waals surface area contributed by atoms with Gasteiger partial charge in [-0.2, -0.15) is 41.0 Å². The number of rotatable bonds is 14. The van der Waals surface area contributed by atoms with Gasteiger partial charge in [0.25, 0.3) is 0 Å². The first-order valence-electron chi connectivity index (χ1n) is 40.2. The fourth-order valence-corrected chi connectivity index (χ4v) is 15.1. The van der Waals surface area contributed by atoms with Crippen LogP contribution in [0.5, 0.6) is 23.5 Å². The Hall–Kier alpha value is -14.8. The Labute approximate surface area is 709 Å². The number of pyridine rings is 11. The van der Waals surface area contributed by atoms with Crippen molar-refractivity contribution in [1.29, 1.82) is 21.0 Å². The maximum absolute atomic E-state index is 8.85. The molecule has 0 amide bonds. The second-order valence-corrected chi connectivity index (χ2v) is 28.9. The van der Waals surface area contributed by atoms with Gasteiger partial charge in [-0.25, -0.2) is 9.83 Å². The average molecular weight is 1630 g/mol. The fraction of sp³-hybridized carbons (Fsp3) is 0.290. The number of nitrogens with two attached hydrogens (primary N) is 1. The molecule has 0 atom stereocenters. The van der Waals surface area contributed by atoms with Crippen LogP contribution < -0.4 is 49.4 Å². The van der Waals surface area contributed by atoms with Gasteiger partial charge in [0.1, 0.15) is 33.8 Å². The third kappa shape index (κ3) is 23.1. The number of nitrogens with one attached hydrogen (secondary N) is 1. The molecule has 122 heavy (non-hydrogen) atoms. The number of nitrogen functional groups attached to an aromatic ring is 1. The van der Waals surface area contributed by atoms with Gasteiger partial charge in [0.2, 0.25) is 35.9 Å². The molecule has 4 aliphatic rings. The highest BCUT2D eigenvalue weighted by Gasteiger charge is 2.32. The molecule has 4 fully saturated rings. The highest BCUT2D eigenvalue weighted by molar-refractivity contribution is 5.92. The number of benzene rings is 2. The summed E-state index contributed by atoms with van der Waals surface area (Å²) >= 11 is 0. The monoisotopic (exact) mass is 1630 g/mol. The number of aryl methyl sites for hydroxylation is 1. The molecule has 3 saturated heterocycles. The molecule has 14 aromatic rings. The first-order valence-corrected chi connectivity index (χ1v) is 40.2. The third-order valence-corrected chi connectivity index (χ3v) is 21.2. The minimum absolute atomic E-state index is 0.247. The van der Waals surface area contributed by atoms with Crippen molar-refractivity contribution in [2.75, 3.05) is 127 Å². The standard InChI is InChI=1S/C29H32N6O.C20H22N4O.C13H16N4O.C9H9N3O.C8H5N3.C7H7N2O.C7H6N2/c1-30-22-8-11-26-24(18-22)25(19-33(26)2)20-6-9-23(10-7-20)34-13-15-35(16-14-34)29-28-21(5-4-12-31-28)17-27(32-29)36-3;1-25-18-14-17-8-5-9-21-19(17)20(22-18)24-12-10-23(11-13-24)15-16-6-3-2-4-7-16;1-18-11-9-10-3-2-4-15-12(10)13(16-11)17-7-5-14-6-8-17;1-13-7-5-6-3-2-4-11-8(6)9(10)12-7;9-4-3-7-2-1-5-11-8(7)6-10;8-4-3-7-2-1-5-9(10)6-7;8-4-3-7-2-1-5-9-6-7/h4-5,8,11-12,17-20,23H,6-7,9-10,13-16H2,2-3H3;2-9,14H,10-13,15H2,1H3;2-4,9,14H,5-8H2,1H3;2-5H,1H3,(H2,10,12);1-2,5H,3H2;1-2,5-6,10H,3H2;1-2,5-6H,3H2/q;;;;;+1;. The van der Waals surface area contributed by atoms with Crippen molar-refractivity contribution in [3.63, 3.8) is 0 Å². The molecule has 618 valence electrons. The molecule has 0 bridgehead atoms. The van der Waals surface area contributed by atoms with Crippen molar-refractivity contribution in [2.24, 2.45) is 7.05 Å². The SMILES string of the molecule is COc1cc2cccnc2c(N)n1.COc1cc2cccnc2c(N2CCN(Cc3ccccc3)CC2)n1.COc1cc2cccnc2c(N2CCNCC2)n1.N#CCc1ccc[n+](O)c1.N#CCc1cccnc1.N#CCc1cccnc1C#N.[C-]#[N+]c1ccc2c(c1)c(C1CCC(N3CCN(c4nc(OC)cc5cccnc45)CC3)CC1)cn2C. The molecule has 15 heterocycles. The number of nitrogens with zero attached hydrogens (tertiary/aromatic N) is 22. The van der Waals surface area contributed by atoms with Crippen LogP contribution in [0, 0.1) is 51.9 Å². The summed E-state index contributed by atoms with van der Waals surface area (Å²) in [6.07, 6.45) is 23.3. The van der Waals surface area contributed by atoms with Crippen molar-refractivity contribution >= 4 is 83.5 Å². The molecule has 0 spiro atoms. The van der Waals surface area contributed by atoms with Crippen LogP contribution in [-0.4, -0.2) is 182 Å². The summed E-state index contributed by atoms with van der Waals surface area (Å²) in [4.78, 5) is 59.2. The van der Waals surface area contributed by atoms with E-state index in [4.69, 9.17) is 62.5 Å². The van der Waals surface area contributed by atoms with Crippen molar-refractivity contribution in [3.05, 3.63) is 265 Å². The lowest BCUT2D eigenvalue weighted by Crippen LogP contribution is -2.51. The van der Waals surface area contributed by atoms with Gasteiger partial charge in [-0.1, -0.05) is 72.8 Å². The molecule has 2 aromatic carbocycles. The van der Waals surface area contributed by atoms with Crippen LogP contribution in [-0.2, 0) is 32.9 Å². The molecule has 1 aliphatic carbocycles. The fourth-order valence-electron chi connectivity index (χ4n) is 15.1. The number of methoxy groups -OCH3 is 4. The van der Waals surface area contributed by atoms with Crippen molar-refractivity contribution in [1.82, 2.24) is 69.5 Å². The van der Waals surface area contributed by atoms with E-state index in [9.17, 15) is 0 Å². The number of aromatic nitrogens is 12. The van der Waals surface area contributed by atoms with Crippen molar-refractivity contribution in [3.8, 4) is 47.8 Å². The van der Waals surface area contributed by atoms with Crippen LogP contribution in [0.2, 0.25) is 0 Å². The second kappa shape index (κ2) is 44.1. The maximum atomic E-state index is 8.85. The molecule has 18 rings (SSSR count). The summed E-state index contributed by atoms with van der Waals surface area (Å²) in [6, 6.07) is 59.3. The lowest BCUT2D eigenvalue weighted by atomic mass is 9.81. The first-order chi connectivity index (χ1) is 59.8. The first kappa shape index (κ1) is 86.5. The predicted octanol–water partition coefficient (Wildman–Crippen LogP) is 13.2. The Bertz CT molecular complexity index is 6000. The van der Waals surface area contributed by atoms with Gasteiger partial charge in [0.15, 0.2) is 29.0 Å². The van der Waals surface area contributed by atoms with Gasteiger partial charge in [-0.05, 0) is 108 Å². The van der Waals surface area contributed by atoms with E-state index >= 15 is 0 Å². The summed E-state index contributed by atoms with van der Waals surface area (Å²) in [5.41, 5.74) is 16.8. The van der Waals surface area contributed by atoms with Crippen molar-refractivity contribution < 1.29 is 28.9 Å². The number of hydrogen-bond acceptors (Lipinski definition) is 26. The second-order valence-electron chi connectivity index (χ2n) is 28.9. The molecule has 29 heteroatoms. The van der Waals surface area contributed by atoms with E-state index in [1.165, 1.54) is 60.1 Å². The van der Waals surface area contributed by atoms with E-state index in [0.29, 0.717) is 70.9 Å². The Kier molecular flexibility index (Phi) is 31.3. The number of piperazine rings is 3. The van der Waals surface area contributed by atoms with Crippen LogP contribution in [0.15, 0.2) is 220 Å². The van der Waals surface area contributed by atoms with Crippen LogP contribution in [0.25, 0.3) is 59.4 Å². The minimum atomic E-state index is 0.247. The Morgan fingerprint density at radius 1 is 0.516 bits per heavy atom. The molecule has 1 saturated carbocycles. The summed E-state index contributed by atoms with van der Waals surface area (Å²) < 4.78 is 24.3. The largest absolute Gasteiger partial charge is 0.481 e. The Morgan fingerprint density at radius 3 is 1.52 bits per heavy atom. The zero-order valence-corrected chi connectivity index (χ0v) is 69.1.